The van der Waals surface area contributed by atoms with Crippen LogP contribution in [0.25, 0.3) is 0 Å². The summed E-state index contributed by atoms with van der Waals surface area (Å²) in [5, 5.41) is 2.53. The highest BCUT2D eigenvalue weighted by Crippen LogP contribution is 2.06. The van der Waals surface area contributed by atoms with E-state index in [1.807, 2.05) is 6.92 Å². The van der Waals surface area contributed by atoms with Crippen molar-refractivity contribution >= 4 is 29.0 Å². The number of amides is 2. The van der Waals surface area contributed by atoms with Crippen LogP contribution in [0, 0.1) is 5.92 Å². The van der Waals surface area contributed by atoms with Gasteiger partial charge in [-0.1, -0.05) is 25.6 Å². The summed E-state index contributed by atoms with van der Waals surface area (Å²) in [5.41, 5.74) is 5.47. The summed E-state index contributed by atoms with van der Waals surface area (Å²) in [4.78, 5) is 24.5. The van der Waals surface area contributed by atoms with E-state index in [1.165, 1.54) is 4.90 Å². The van der Waals surface area contributed by atoms with Gasteiger partial charge in [-0.2, -0.15) is 0 Å². The van der Waals surface area contributed by atoms with E-state index in [9.17, 15) is 9.59 Å². The van der Waals surface area contributed by atoms with Gasteiger partial charge in [0.2, 0.25) is 11.8 Å². The smallest absolute Gasteiger partial charge is 0.241 e. The second-order valence-corrected chi connectivity index (χ2v) is 4.22. The Bertz CT molecular complexity index is 279. The molecule has 0 saturated carbocycles. The number of likely N-dealkylation sites (N-methyl/N-ethyl adjacent to an activating group) is 1. The molecule has 0 aromatic rings. The van der Waals surface area contributed by atoms with Gasteiger partial charge in [0.25, 0.3) is 0 Å². The molecule has 92 valence electrons. The lowest BCUT2D eigenvalue weighted by Crippen LogP contribution is -2.42. The number of nitrogens with zero attached hydrogens (tertiary/aromatic N) is 1. The predicted molar refractivity (Wildman–Crippen MR) is 66.9 cm³/mol. The lowest BCUT2D eigenvalue weighted by Gasteiger charge is -2.15. The first kappa shape index (κ1) is 14.8. The van der Waals surface area contributed by atoms with Crippen LogP contribution < -0.4 is 11.1 Å². The molecule has 0 aliphatic heterocycles. The van der Waals surface area contributed by atoms with Crippen molar-refractivity contribution in [3.05, 3.63) is 0 Å². The summed E-state index contributed by atoms with van der Waals surface area (Å²) in [5.74, 6) is -0.911. The standard InChI is InChI=1S/C10H19N3O2S/c1-4-5-7(9(11)16)10(15)12-6-8(14)13(2)3/h7H,4-6H2,1-3H3,(H2,11,16)(H,12,15). The predicted octanol–water partition coefficient (Wildman–Crippen LogP) is -0.107. The van der Waals surface area contributed by atoms with Crippen molar-refractivity contribution in [2.45, 2.75) is 19.8 Å². The Kier molecular flexibility index (Phi) is 6.64. The zero-order valence-electron chi connectivity index (χ0n) is 9.95. The van der Waals surface area contributed by atoms with Crippen LogP contribution in [0.4, 0.5) is 0 Å². The summed E-state index contributed by atoms with van der Waals surface area (Å²) in [6.07, 6.45) is 1.42. The van der Waals surface area contributed by atoms with Gasteiger partial charge in [0, 0.05) is 14.1 Å². The third-order valence-electron chi connectivity index (χ3n) is 2.15. The number of nitrogens with two attached hydrogens (primary N) is 1. The molecule has 1 unspecified atom stereocenters. The Labute approximate surface area is 101 Å². The largest absolute Gasteiger partial charge is 0.393 e. The van der Waals surface area contributed by atoms with Crippen LogP contribution >= 0.6 is 12.2 Å². The Hall–Kier alpha value is -1.17. The normalized spacial score (nSPS) is 11.7. The first-order valence-corrected chi connectivity index (χ1v) is 5.58. The number of thiocarbonyl (C=S) groups is 1. The molecule has 16 heavy (non-hydrogen) atoms. The van der Waals surface area contributed by atoms with Crippen molar-refractivity contribution < 1.29 is 9.59 Å². The van der Waals surface area contributed by atoms with Crippen LogP contribution in [0.15, 0.2) is 0 Å². The summed E-state index contributed by atoms with van der Waals surface area (Å²) in [7, 11) is 3.26. The van der Waals surface area contributed by atoms with Gasteiger partial charge < -0.3 is 16.0 Å². The van der Waals surface area contributed by atoms with E-state index in [2.05, 4.69) is 5.32 Å². The molecule has 0 fully saturated rings. The highest BCUT2D eigenvalue weighted by molar-refractivity contribution is 7.80. The van der Waals surface area contributed by atoms with Crippen molar-refractivity contribution in [3.8, 4) is 0 Å². The Morgan fingerprint density at radius 1 is 1.44 bits per heavy atom. The average molecular weight is 245 g/mol. The maximum atomic E-state index is 11.7. The van der Waals surface area contributed by atoms with Gasteiger partial charge in [0.05, 0.1) is 17.5 Å². The van der Waals surface area contributed by atoms with Crippen LogP contribution in [-0.4, -0.2) is 42.3 Å². The Balaban J connectivity index is 4.21. The fourth-order valence-corrected chi connectivity index (χ4v) is 1.36. The first-order chi connectivity index (χ1) is 7.40. The fraction of sp³-hybridized carbons (Fsp3) is 0.700. The third-order valence-corrected chi connectivity index (χ3v) is 2.43. The highest BCUT2D eigenvalue weighted by atomic mass is 32.1. The quantitative estimate of drug-likeness (QED) is 0.640. The minimum absolute atomic E-state index is 0.0192. The molecule has 0 saturated heterocycles. The van der Waals surface area contributed by atoms with Crippen LogP contribution in [0.5, 0.6) is 0 Å². The fourth-order valence-electron chi connectivity index (χ4n) is 1.14. The second kappa shape index (κ2) is 7.16. The number of carbonyl (C=O) groups is 2. The summed E-state index contributed by atoms with van der Waals surface area (Å²) < 4.78 is 0. The molecule has 0 aliphatic rings. The molecule has 0 heterocycles. The van der Waals surface area contributed by atoms with Crippen LogP contribution in [0.1, 0.15) is 19.8 Å². The molecular weight excluding hydrogens is 226 g/mol. The van der Waals surface area contributed by atoms with Crippen molar-refractivity contribution in [1.82, 2.24) is 10.2 Å². The highest BCUT2D eigenvalue weighted by Gasteiger charge is 2.20. The number of hydrogen-bond donors (Lipinski definition) is 2. The molecule has 0 radical (unpaired) electrons. The van der Waals surface area contributed by atoms with Gasteiger partial charge in [-0.3, -0.25) is 9.59 Å². The minimum atomic E-state index is -0.477. The zero-order valence-corrected chi connectivity index (χ0v) is 10.8. The molecule has 0 aliphatic carbocycles. The van der Waals surface area contributed by atoms with Gasteiger partial charge in [-0.15, -0.1) is 0 Å². The van der Waals surface area contributed by atoms with Crippen molar-refractivity contribution in [3.63, 3.8) is 0 Å². The van der Waals surface area contributed by atoms with E-state index in [1.54, 1.807) is 14.1 Å². The monoisotopic (exact) mass is 245 g/mol. The van der Waals surface area contributed by atoms with Crippen molar-refractivity contribution in [2.24, 2.45) is 11.7 Å². The van der Waals surface area contributed by atoms with E-state index in [0.717, 1.165) is 6.42 Å². The Morgan fingerprint density at radius 3 is 2.38 bits per heavy atom. The molecule has 2 amide bonds. The third kappa shape index (κ3) is 5.06. The number of carbonyl (C=O) groups excluding carboxylic acids is 2. The first-order valence-electron chi connectivity index (χ1n) is 5.17. The number of hydrogen-bond acceptors (Lipinski definition) is 3. The maximum Gasteiger partial charge on any atom is 0.241 e. The molecule has 5 nitrogen and oxygen atoms in total. The molecule has 1 atom stereocenters. The van der Waals surface area contributed by atoms with Gasteiger partial charge >= 0.3 is 0 Å². The van der Waals surface area contributed by atoms with E-state index in [4.69, 9.17) is 18.0 Å². The molecule has 0 aromatic carbocycles. The molecule has 0 rings (SSSR count). The van der Waals surface area contributed by atoms with E-state index >= 15 is 0 Å². The molecule has 3 N–H and O–H groups in total. The van der Waals surface area contributed by atoms with Crippen molar-refractivity contribution in [2.75, 3.05) is 20.6 Å². The van der Waals surface area contributed by atoms with Gasteiger partial charge in [-0.25, -0.2) is 0 Å². The maximum absolute atomic E-state index is 11.7. The van der Waals surface area contributed by atoms with E-state index in [-0.39, 0.29) is 23.3 Å². The molecule has 6 heteroatoms. The number of rotatable bonds is 6. The van der Waals surface area contributed by atoms with E-state index in [0.29, 0.717) is 6.42 Å². The Morgan fingerprint density at radius 2 is 2.00 bits per heavy atom. The molecule has 0 aromatic heterocycles. The van der Waals surface area contributed by atoms with Gasteiger partial charge in [-0.05, 0) is 6.42 Å². The topological polar surface area (TPSA) is 75.4 Å². The lowest BCUT2D eigenvalue weighted by atomic mass is 10.0. The average Bonchev–Trinajstić information content (AvgIpc) is 2.21. The van der Waals surface area contributed by atoms with Crippen LogP contribution in [-0.2, 0) is 9.59 Å². The molecule has 0 spiro atoms. The molecule has 0 bridgehead atoms. The number of nitrogens with one attached hydrogen (secondary N) is 1. The summed E-state index contributed by atoms with van der Waals surface area (Å²) >= 11 is 4.81. The van der Waals surface area contributed by atoms with Crippen LogP contribution in [0.2, 0.25) is 0 Å². The zero-order chi connectivity index (χ0) is 12.7. The SMILES string of the molecule is CCCC(C(=O)NCC(=O)N(C)C)C(N)=S. The van der Waals surface area contributed by atoms with Gasteiger partial charge in [0.1, 0.15) is 0 Å². The molecular formula is C10H19N3O2S. The van der Waals surface area contributed by atoms with E-state index < -0.39 is 5.92 Å². The lowest BCUT2D eigenvalue weighted by molar-refractivity contribution is -0.131. The summed E-state index contributed by atoms with van der Waals surface area (Å²) in [6, 6.07) is 0. The summed E-state index contributed by atoms with van der Waals surface area (Å²) in [6.45, 7) is 1.93. The van der Waals surface area contributed by atoms with Crippen molar-refractivity contribution in [1.29, 1.82) is 0 Å². The van der Waals surface area contributed by atoms with Gasteiger partial charge in [0.15, 0.2) is 0 Å². The van der Waals surface area contributed by atoms with Crippen LogP contribution in [0.3, 0.4) is 0 Å². The second-order valence-electron chi connectivity index (χ2n) is 3.75. The minimum Gasteiger partial charge on any atom is -0.393 e.